The molecule has 0 heterocycles. The normalized spacial score (nSPS) is 10.7. The van der Waals surface area contributed by atoms with E-state index in [1.807, 2.05) is 32.9 Å². The molecule has 0 fully saturated rings. The Morgan fingerprint density at radius 2 is 1.71 bits per heavy atom. The SMILES string of the molecule is CCCOc1ccc(C(=O)Oc2ccc(C=NNC(=O)c3cccc(C)c3)cc2OCC)cc1. The Kier molecular flexibility index (Phi) is 8.80. The van der Waals surface area contributed by atoms with E-state index >= 15 is 0 Å². The molecule has 34 heavy (non-hydrogen) atoms. The number of nitrogens with zero attached hydrogens (tertiary/aromatic N) is 1. The lowest BCUT2D eigenvalue weighted by Gasteiger charge is -2.12. The van der Waals surface area contributed by atoms with Crippen molar-refractivity contribution in [1.82, 2.24) is 5.43 Å². The molecule has 3 aromatic carbocycles. The van der Waals surface area contributed by atoms with E-state index in [-0.39, 0.29) is 5.91 Å². The van der Waals surface area contributed by atoms with Gasteiger partial charge in [-0.05, 0) is 80.4 Å². The summed E-state index contributed by atoms with van der Waals surface area (Å²) in [4.78, 5) is 24.8. The molecular formula is C27H28N2O5. The molecule has 0 spiro atoms. The van der Waals surface area contributed by atoms with Crippen LogP contribution in [0.5, 0.6) is 17.2 Å². The van der Waals surface area contributed by atoms with Crippen molar-refractivity contribution in [2.75, 3.05) is 13.2 Å². The molecule has 0 unspecified atom stereocenters. The lowest BCUT2D eigenvalue weighted by atomic mass is 10.1. The largest absolute Gasteiger partial charge is 0.494 e. The Hall–Kier alpha value is -4.13. The van der Waals surface area contributed by atoms with Gasteiger partial charge in [-0.3, -0.25) is 4.79 Å². The van der Waals surface area contributed by atoms with Gasteiger partial charge < -0.3 is 14.2 Å². The number of hydrogen-bond acceptors (Lipinski definition) is 6. The molecule has 0 saturated heterocycles. The Balaban J connectivity index is 1.66. The Morgan fingerprint density at radius 3 is 2.41 bits per heavy atom. The molecule has 1 amide bonds. The predicted octanol–water partition coefficient (Wildman–Crippen LogP) is 5.17. The number of nitrogens with one attached hydrogen (secondary N) is 1. The molecule has 176 valence electrons. The van der Waals surface area contributed by atoms with Crippen LogP contribution < -0.4 is 19.6 Å². The van der Waals surface area contributed by atoms with Gasteiger partial charge in [0.25, 0.3) is 5.91 Å². The fourth-order valence-electron chi connectivity index (χ4n) is 3.04. The van der Waals surface area contributed by atoms with Crippen molar-refractivity contribution in [3.63, 3.8) is 0 Å². The number of carbonyl (C=O) groups is 2. The van der Waals surface area contributed by atoms with Gasteiger partial charge in [0.15, 0.2) is 11.5 Å². The van der Waals surface area contributed by atoms with E-state index in [1.165, 1.54) is 6.21 Å². The highest BCUT2D eigenvalue weighted by Crippen LogP contribution is 2.29. The van der Waals surface area contributed by atoms with Gasteiger partial charge in [-0.2, -0.15) is 5.10 Å². The number of ether oxygens (including phenoxy) is 3. The summed E-state index contributed by atoms with van der Waals surface area (Å²) in [5.41, 5.74) is 5.09. The summed E-state index contributed by atoms with van der Waals surface area (Å²) in [6.07, 6.45) is 2.40. The van der Waals surface area contributed by atoms with Gasteiger partial charge in [0.1, 0.15) is 5.75 Å². The molecule has 0 atom stereocenters. The van der Waals surface area contributed by atoms with Crippen LogP contribution in [0.4, 0.5) is 0 Å². The molecule has 7 heteroatoms. The number of aryl methyl sites for hydroxylation is 1. The number of hydrazone groups is 1. The second-order valence-corrected chi connectivity index (χ2v) is 7.47. The summed E-state index contributed by atoms with van der Waals surface area (Å²) in [7, 11) is 0. The van der Waals surface area contributed by atoms with Crippen LogP contribution in [0.3, 0.4) is 0 Å². The molecule has 0 aliphatic heterocycles. The highest BCUT2D eigenvalue weighted by molar-refractivity contribution is 5.95. The Labute approximate surface area is 199 Å². The van der Waals surface area contributed by atoms with E-state index in [9.17, 15) is 9.59 Å². The van der Waals surface area contributed by atoms with Gasteiger partial charge in [0, 0.05) is 5.56 Å². The highest BCUT2D eigenvalue weighted by Gasteiger charge is 2.13. The van der Waals surface area contributed by atoms with Crippen LogP contribution in [0.15, 0.2) is 71.8 Å². The molecule has 0 aliphatic carbocycles. The van der Waals surface area contributed by atoms with Crippen molar-refractivity contribution in [1.29, 1.82) is 0 Å². The summed E-state index contributed by atoms with van der Waals surface area (Å²) in [6.45, 7) is 6.79. The average molecular weight is 461 g/mol. The summed E-state index contributed by atoms with van der Waals surface area (Å²) in [5, 5.41) is 4.02. The van der Waals surface area contributed by atoms with Crippen molar-refractivity contribution in [2.45, 2.75) is 27.2 Å². The summed E-state index contributed by atoms with van der Waals surface area (Å²) in [6, 6.07) is 19.1. The van der Waals surface area contributed by atoms with Crippen LogP contribution in [0.1, 0.15) is 52.1 Å². The quantitative estimate of drug-likeness (QED) is 0.195. The molecule has 0 aromatic heterocycles. The van der Waals surface area contributed by atoms with Gasteiger partial charge in [-0.15, -0.1) is 0 Å². The molecule has 0 radical (unpaired) electrons. The van der Waals surface area contributed by atoms with E-state index in [4.69, 9.17) is 14.2 Å². The van der Waals surface area contributed by atoms with E-state index < -0.39 is 5.97 Å². The predicted molar refractivity (Wildman–Crippen MR) is 131 cm³/mol. The average Bonchev–Trinajstić information content (AvgIpc) is 2.84. The number of benzene rings is 3. The minimum atomic E-state index is -0.505. The minimum absolute atomic E-state index is 0.291. The second-order valence-electron chi connectivity index (χ2n) is 7.47. The first-order valence-electron chi connectivity index (χ1n) is 11.1. The number of rotatable bonds is 10. The topological polar surface area (TPSA) is 86.2 Å². The molecule has 0 aliphatic rings. The fourth-order valence-corrected chi connectivity index (χ4v) is 3.04. The van der Waals surface area contributed by atoms with Crippen LogP contribution in [0.2, 0.25) is 0 Å². The smallest absolute Gasteiger partial charge is 0.343 e. The van der Waals surface area contributed by atoms with Crippen LogP contribution in [-0.4, -0.2) is 31.3 Å². The van der Waals surface area contributed by atoms with Crippen molar-refractivity contribution in [2.24, 2.45) is 5.10 Å². The van der Waals surface area contributed by atoms with Crippen LogP contribution >= 0.6 is 0 Å². The van der Waals surface area contributed by atoms with Crippen molar-refractivity contribution < 1.29 is 23.8 Å². The van der Waals surface area contributed by atoms with Gasteiger partial charge in [0.05, 0.1) is 25.0 Å². The first-order valence-corrected chi connectivity index (χ1v) is 11.1. The number of amides is 1. The third-order valence-corrected chi connectivity index (χ3v) is 4.69. The third-order valence-electron chi connectivity index (χ3n) is 4.69. The summed E-state index contributed by atoms with van der Waals surface area (Å²) < 4.78 is 16.7. The van der Waals surface area contributed by atoms with E-state index in [0.717, 1.165) is 12.0 Å². The maximum absolute atomic E-state index is 12.6. The van der Waals surface area contributed by atoms with Gasteiger partial charge in [-0.25, -0.2) is 10.2 Å². The van der Waals surface area contributed by atoms with Gasteiger partial charge in [0.2, 0.25) is 0 Å². The highest BCUT2D eigenvalue weighted by atomic mass is 16.6. The van der Waals surface area contributed by atoms with Crippen molar-refractivity contribution in [3.8, 4) is 17.2 Å². The van der Waals surface area contributed by atoms with Crippen molar-refractivity contribution in [3.05, 3.63) is 89.0 Å². The number of esters is 1. The van der Waals surface area contributed by atoms with E-state index in [1.54, 1.807) is 54.6 Å². The first kappa shape index (κ1) is 24.5. The lowest BCUT2D eigenvalue weighted by molar-refractivity contribution is 0.0728. The Morgan fingerprint density at radius 1 is 0.912 bits per heavy atom. The standard InChI is InChI=1S/C27H28N2O5/c1-4-15-33-23-12-10-21(11-13-23)27(31)34-24-14-9-20(17-25(24)32-5-2)18-28-29-26(30)22-8-6-7-19(3)16-22/h6-14,16-18H,4-5,15H2,1-3H3,(H,29,30). The number of hydrogen-bond donors (Lipinski definition) is 1. The minimum Gasteiger partial charge on any atom is -0.494 e. The molecule has 0 saturated carbocycles. The third kappa shape index (κ3) is 6.93. The summed E-state index contributed by atoms with van der Waals surface area (Å²) >= 11 is 0. The molecule has 3 aromatic rings. The zero-order valence-electron chi connectivity index (χ0n) is 19.5. The molecule has 3 rings (SSSR count). The number of carbonyl (C=O) groups excluding carboxylic acids is 2. The monoisotopic (exact) mass is 460 g/mol. The Bertz CT molecular complexity index is 1160. The van der Waals surface area contributed by atoms with E-state index in [2.05, 4.69) is 10.5 Å². The lowest BCUT2D eigenvalue weighted by Crippen LogP contribution is -2.17. The maximum Gasteiger partial charge on any atom is 0.343 e. The zero-order valence-corrected chi connectivity index (χ0v) is 19.5. The zero-order chi connectivity index (χ0) is 24.3. The molecule has 7 nitrogen and oxygen atoms in total. The summed E-state index contributed by atoms with van der Waals surface area (Å²) in [5.74, 6) is 0.579. The second kappa shape index (κ2) is 12.2. The van der Waals surface area contributed by atoms with Crippen molar-refractivity contribution >= 4 is 18.1 Å². The fraction of sp³-hybridized carbons (Fsp3) is 0.222. The molecular weight excluding hydrogens is 432 g/mol. The first-order chi connectivity index (χ1) is 16.5. The van der Waals surface area contributed by atoms with Crippen LogP contribution in [0, 0.1) is 6.92 Å². The molecule has 0 bridgehead atoms. The van der Waals surface area contributed by atoms with Crippen LogP contribution in [-0.2, 0) is 0 Å². The van der Waals surface area contributed by atoms with Crippen LogP contribution in [0.25, 0.3) is 0 Å². The van der Waals surface area contributed by atoms with E-state index in [0.29, 0.717) is 47.2 Å². The van der Waals surface area contributed by atoms with Gasteiger partial charge >= 0.3 is 5.97 Å². The maximum atomic E-state index is 12.6. The van der Waals surface area contributed by atoms with Gasteiger partial charge in [-0.1, -0.05) is 24.6 Å². The molecule has 1 N–H and O–H groups in total.